The number of likely N-dealkylation sites (N-methyl/N-ethyl adjacent to an activating group) is 1. The van der Waals surface area contributed by atoms with Crippen LogP contribution in [0.1, 0.15) is 24.2 Å². The second-order valence-electron chi connectivity index (χ2n) is 3.87. The van der Waals surface area contributed by atoms with Crippen molar-refractivity contribution in [2.24, 2.45) is 0 Å². The van der Waals surface area contributed by atoms with Crippen molar-refractivity contribution in [3.05, 3.63) is 29.8 Å². The predicted molar refractivity (Wildman–Crippen MR) is 78.2 cm³/mol. The van der Waals surface area contributed by atoms with Gasteiger partial charge in [-0.2, -0.15) is 0 Å². The van der Waals surface area contributed by atoms with Gasteiger partial charge in [-0.05, 0) is 25.2 Å². The molecule has 0 unspecified atom stereocenters. The molecular weight excluding hydrogens is 250 g/mol. The number of nitrogens with one attached hydrogen (secondary N) is 1. The van der Waals surface area contributed by atoms with Crippen LogP contribution >= 0.6 is 12.4 Å². The van der Waals surface area contributed by atoms with Gasteiger partial charge >= 0.3 is 0 Å². The van der Waals surface area contributed by atoms with Crippen LogP contribution in [0.15, 0.2) is 24.3 Å². The first-order valence-electron chi connectivity index (χ1n) is 6.04. The fourth-order valence-corrected chi connectivity index (χ4v) is 1.67. The molecule has 0 aliphatic heterocycles. The van der Waals surface area contributed by atoms with Gasteiger partial charge in [-0.1, -0.05) is 26.0 Å². The van der Waals surface area contributed by atoms with Crippen LogP contribution < -0.4 is 11.1 Å². The molecule has 18 heavy (non-hydrogen) atoms. The molecule has 3 N–H and O–H groups in total. The van der Waals surface area contributed by atoms with E-state index in [1.54, 1.807) is 12.1 Å². The maximum Gasteiger partial charge on any atom is 0.253 e. The molecule has 0 spiro atoms. The highest BCUT2D eigenvalue weighted by Crippen LogP contribution is 2.09. The standard InChI is InChI=1S/C13H21N3O.ClH/c1-3-16(4-2)10-9-15-13(17)11-7-5-6-8-12(11)14;/h5-8H,3-4,9-10,14H2,1-2H3,(H,15,17);1H. The van der Waals surface area contributed by atoms with Crippen LogP contribution in [0.4, 0.5) is 5.69 Å². The summed E-state index contributed by atoms with van der Waals surface area (Å²) in [5.41, 5.74) is 6.80. The van der Waals surface area contributed by atoms with Crippen LogP contribution in [0.2, 0.25) is 0 Å². The van der Waals surface area contributed by atoms with Crippen molar-refractivity contribution < 1.29 is 4.79 Å². The summed E-state index contributed by atoms with van der Waals surface area (Å²) in [6.07, 6.45) is 0. The van der Waals surface area contributed by atoms with E-state index in [2.05, 4.69) is 24.1 Å². The van der Waals surface area contributed by atoms with Crippen molar-refractivity contribution in [3.63, 3.8) is 0 Å². The fraction of sp³-hybridized carbons (Fsp3) is 0.462. The zero-order valence-electron chi connectivity index (χ0n) is 11.0. The molecule has 0 bridgehead atoms. The van der Waals surface area contributed by atoms with Crippen molar-refractivity contribution in [2.75, 3.05) is 31.9 Å². The van der Waals surface area contributed by atoms with Gasteiger partial charge in [-0.3, -0.25) is 4.79 Å². The highest BCUT2D eigenvalue weighted by Gasteiger charge is 2.08. The number of rotatable bonds is 6. The van der Waals surface area contributed by atoms with Gasteiger partial charge in [0, 0.05) is 18.8 Å². The van der Waals surface area contributed by atoms with Crippen molar-refractivity contribution in [1.82, 2.24) is 10.2 Å². The molecule has 0 heterocycles. The number of anilines is 1. The number of halogens is 1. The Labute approximate surface area is 115 Å². The zero-order chi connectivity index (χ0) is 12.7. The summed E-state index contributed by atoms with van der Waals surface area (Å²) in [7, 11) is 0. The Balaban J connectivity index is 0.00000289. The molecule has 0 aliphatic rings. The van der Waals surface area contributed by atoms with Crippen LogP contribution in [-0.2, 0) is 0 Å². The van der Waals surface area contributed by atoms with Gasteiger partial charge in [0.1, 0.15) is 0 Å². The van der Waals surface area contributed by atoms with E-state index in [0.717, 1.165) is 19.6 Å². The fourth-order valence-electron chi connectivity index (χ4n) is 1.67. The highest BCUT2D eigenvalue weighted by molar-refractivity contribution is 5.99. The molecule has 0 saturated heterocycles. The van der Waals surface area contributed by atoms with Crippen LogP contribution in [-0.4, -0.2) is 37.0 Å². The lowest BCUT2D eigenvalue weighted by molar-refractivity contribution is 0.0950. The lowest BCUT2D eigenvalue weighted by atomic mass is 10.1. The number of hydrogen-bond donors (Lipinski definition) is 2. The molecule has 0 radical (unpaired) electrons. The maximum atomic E-state index is 11.8. The number of amides is 1. The van der Waals surface area contributed by atoms with E-state index in [9.17, 15) is 4.79 Å². The van der Waals surface area contributed by atoms with E-state index in [4.69, 9.17) is 5.73 Å². The van der Waals surface area contributed by atoms with Crippen molar-refractivity contribution >= 4 is 24.0 Å². The summed E-state index contributed by atoms with van der Waals surface area (Å²) in [6, 6.07) is 7.11. The molecule has 0 fully saturated rings. The van der Waals surface area contributed by atoms with Crippen molar-refractivity contribution in [3.8, 4) is 0 Å². The quantitative estimate of drug-likeness (QED) is 0.775. The average molecular weight is 272 g/mol. The van der Waals surface area contributed by atoms with Gasteiger partial charge in [0.05, 0.1) is 5.56 Å². The average Bonchev–Trinajstić information content (AvgIpc) is 2.35. The van der Waals surface area contributed by atoms with Gasteiger partial charge in [-0.25, -0.2) is 0 Å². The smallest absolute Gasteiger partial charge is 0.253 e. The summed E-state index contributed by atoms with van der Waals surface area (Å²) in [6.45, 7) is 7.74. The monoisotopic (exact) mass is 271 g/mol. The van der Waals surface area contributed by atoms with E-state index in [1.807, 2.05) is 12.1 Å². The van der Waals surface area contributed by atoms with Gasteiger partial charge in [0.25, 0.3) is 5.91 Å². The Kier molecular flexibility index (Phi) is 8.16. The number of nitrogens with zero attached hydrogens (tertiary/aromatic N) is 1. The number of nitrogen functional groups attached to an aromatic ring is 1. The molecule has 1 aromatic rings. The lowest BCUT2D eigenvalue weighted by Gasteiger charge is -2.18. The molecular formula is C13H22ClN3O. The van der Waals surface area contributed by atoms with E-state index in [1.165, 1.54) is 0 Å². The first-order valence-corrected chi connectivity index (χ1v) is 6.04. The van der Waals surface area contributed by atoms with E-state index in [-0.39, 0.29) is 18.3 Å². The van der Waals surface area contributed by atoms with E-state index < -0.39 is 0 Å². The lowest BCUT2D eigenvalue weighted by Crippen LogP contribution is -2.35. The summed E-state index contributed by atoms with van der Waals surface area (Å²) in [5, 5.41) is 2.88. The number of carbonyl (C=O) groups excluding carboxylic acids is 1. The molecule has 4 nitrogen and oxygen atoms in total. The first-order chi connectivity index (χ1) is 8.19. The van der Waals surface area contributed by atoms with Gasteiger partial charge in [0.15, 0.2) is 0 Å². The summed E-state index contributed by atoms with van der Waals surface area (Å²) in [5.74, 6) is -0.102. The molecule has 0 saturated carbocycles. The minimum absolute atomic E-state index is 0. The Morgan fingerprint density at radius 3 is 2.44 bits per heavy atom. The normalized spacial score (nSPS) is 9.94. The van der Waals surface area contributed by atoms with E-state index >= 15 is 0 Å². The van der Waals surface area contributed by atoms with Gasteiger partial charge < -0.3 is 16.0 Å². The molecule has 5 heteroatoms. The van der Waals surface area contributed by atoms with Crippen molar-refractivity contribution in [2.45, 2.75) is 13.8 Å². The summed E-state index contributed by atoms with van der Waals surface area (Å²) < 4.78 is 0. The van der Waals surface area contributed by atoms with E-state index in [0.29, 0.717) is 17.8 Å². The molecule has 1 aromatic carbocycles. The highest BCUT2D eigenvalue weighted by atomic mass is 35.5. The number of para-hydroxylation sites is 1. The minimum Gasteiger partial charge on any atom is -0.398 e. The zero-order valence-corrected chi connectivity index (χ0v) is 11.8. The first kappa shape index (κ1) is 16.7. The van der Waals surface area contributed by atoms with Crippen LogP contribution in [0.5, 0.6) is 0 Å². The maximum absolute atomic E-state index is 11.8. The Hall–Kier alpha value is -1.26. The molecule has 1 rings (SSSR count). The second-order valence-corrected chi connectivity index (χ2v) is 3.87. The molecule has 0 aliphatic carbocycles. The van der Waals surface area contributed by atoms with Gasteiger partial charge in [0.2, 0.25) is 0 Å². The Morgan fingerprint density at radius 2 is 1.89 bits per heavy atom. The Morgan fingerprint density at radius 1 is 1.28 bits per heavy atom. The number of benzene rings is 1. The number of nitrogens with two attached hydrogens (primary N) is 1. The number of hydrogen-bond acceptors (Lipinski definition) is 3. The third-order valence-electron chi connectivity index (χ3n) is 2.81. The minimum atomic E-state index is -0.102. The van der Waals surface area contributed by atoms with Crippen LogP contribution in [0.3, 0.4) is 0 Å². The topological polar surface area (TPSA) is 58.4 Å². The predicted octanol–water partition coefficient (Wildman–Crippen LogP) is 1.76. The molecule has 0 atom stereocenters. The van der Waals surface area contributed by atoms with Crippen LogP contribution in [0.25, 0.3) is 0 Å². The third kappa shape index (κ3) is 4.94. The largest absolute Gasteiger partial charge is 0.398 e. The van der Waals surface area contributed by atoms with Crippen LogP contribution in [0, 0.1) is 0 Å². The Bertz CT molecular complexity index is 367. The molecule has 1 amide bonds. The molecule has 102 valence electrons. The molecule has 0 aromatic heterocycles. The number of carbonyl (C=O) groups is 1. The third-order valence-corrected chi connectivity index (χ3v) is 2.81. The summed E-state index contributed by atoms with van der Waals surface area (Å²) in [4.78, 5) is 14.1. The van der Waals surface area contributed by atoms with Crippen molar-refractivity contribution in [1.29, 1.82) is 0 Å². The second kappa shape index (κ2) is 8.78. The SMILES string of the molecule is CCN(CC)CCNC(=O)c1ccccc1N.Cl. The van der Waals surface area contributed by atoms with Gasteiger partial charge in [-0.15, -0.1) is 12.4 Å². The summed E-state index contributed by atoms with van der Waals surface area (Å²) >= 11 is 0.